The van der Waals surface area contributed by atoms with E-state index in [1.54, 1.807) is 6.92 Å². The summed E-state index contributed by atoms with van der Waals surface area (Å²) in [5, 5.41) is 15.3. The van der Waals surface area contributed by atoms with Gasteiger partial charge in [-0.15, -0.1) is 11.3 Å². The number of rotatable bonds is 5. The van der Waals surface area contributed by atoms with Crippen molar-refractivity contribution < 1.29 is 9.90 Å². The Balaban J connectivity index is 1.71. The second kappa shape index (κ2) is 5.56. The SMILES string of the molecule is Cc1cc(C(=O)NCC(C)(O)c2cccs2)c(C)n1C1CC1. The zero-order chi connectivity index (χ0) is 15.9. The molecule has 0 saturated heterocycles. The maximum absolute atomic E-state index is 12.5. The molecule has 2 N–H and O–H groups in total. The van der Waals surface area contributed by atoms with E-state index in [-0.39, 0.29) is 12.5 Å². The average Bonchev–Trinajstić information content (AvgIpc) is 3.02. The lowest BCUT2D eigenvalue weighted by Gasteiger charge is -2.22. The molecule has 22 heavy (non-hydrogen) atoms. The number of carbonyl (C=O) groups excluding carboxylic acids is 1. The maximum Gasteiger partial charge on any atom is 0.253 e. The molecule has 1 atom stereocenters. The summed E-state index contributed by atoms with van der Waals surface area (Å²) in [5.41, 5.74) is 1.83. The molecule has 118 valence electrons. The first kappa shape index (κ1) is 15.3. The Morgan fingerprint density at radius 2 is 2.23 bits per heavy atom. The molecule has 0 aliphatic heterocycles. The van der Waals surface area contributed by atoms with Crippen molar-refractivity contribution in [3.8, 4) is 0 Å². The molecule has 1 aliphatic rings. The van der Waals surface area contributed by atoms with Gasteiger partial charge in [0, 0.05) is 22.3 Å². The van der Waals surface area contributed by atoms with Crippen LogP contribution >= 0.6 is 11.3 Å². The van der Waals surface area contributed by atoms with Crippen LogP contribution in [0.3, 0.4) is 0 Å². The first-order valence-electron chi connectivity index (χ1n) is 7.63. The molecule has 5 heteroatoms. The van der Waals surface area contributed by atoms with Gasteiger partial charge in [0.1, 0.15) is 5.60 Å². The van der Waals surface area contributed by atoms with Crippen LogP contribution in [0.25, 0.3) is 0 Å². The molecule has 2 heterocycles. The summed E-state index contributed by atoms with van der Waals surface area (Å²) in [5.74, 6) is -0.114. The fraction of sp³-hybridized carbons (Fsp3) is 0.471. The van der Waals surface area contributed by atoms with Crippen LogP contribution < -0.4 is 5.32 Å². The van der Waals surface area contributed by atoms with Crippen molar-refractivity contribution in [1.29, 1.82) is 0 Å². The number of hydrogen-bond donors (Lipinski definition) is 2. The summed E-state index contributed by atoms with van der Waals surface area (Å²) in [6.45, 7) is 5.98. The van der Waals surface area contributed by atoms with Gasteiger partial charge >= 0.3 is 0 Å². The highest BCUT2D eigenvalue weighted by Gasteiger charge is 2.29. The van der Waals surface area contributed by atoms with Gasteiger partial charge in [-0.1, -0.05) is 6.07 Å². The largest absolute Gasteiger partial charge is 0.383 e. The van der Waals surface area contributed by atoms with Gasteiger partial charge in [0.05, 0.1) is 12.1 Å². The molecule has 1 unspecified atom stereocenters. The molecule has 0 bridgehead atoms. The van der Waals surface area contributed by atoms with Crippen LogP contribution in [0, 0.1) is 13.8 Å². The van der Waals surface area contributed by atoms with Crippen molar-refractivity contribution in [1.82, 2.24) is 9.88 Å². The third kappa shape index (κ3) is 2.83. The van der Waals surface area contributed by atoms with E-state index in [0.29, 0.717) is 11.6 Å². The number of aryl methyl sites for hydroxylation is 1. The lowest BCUT2D eigenvalue weighted by Crippen LogP contribution is -2.38. The predicted octanol–water partition coefficient (Wildman–Crippen LogP) is 3.14. The van der Waals surface area contributed by atoms with E-state index >= 15 is 0 Å². The molecule has 1 aliphatic carbocycles. The number of hydrogen-bond acceptors (Lipinski definition) is 3. The lowest BCUT2D eigenvalue weighted by molar-refractivity contribution is 0.0556. The third-order valence-electron chi connectivity index (χ3n) is 4.29. The molecule has 0 spiro atoms. The molecule has 1 saturated carbocycles. The molecule has 1 fully saturated rings. The fourth-order valence-electron chi connectivity index (χ4n) is 2.92. The van der Waals surface area contributed by atoms with Crippen LogP contribution in [0.5, 0.6) is 0 Å². The Kier molecular flexibility index (Phi) is 3.87. The van der Waals surface area contributed by atoms with Crippen molar-refractivity contribution in [2.24, 2.45) is 0 Å². The van der Waals surface area contributed by atoms with Crippen LogP contribution in [0.4, 0.5) is 0 Å². The lowest BCUT2D eigenvalue weighted by atomic mass is 10.1. The molecule has 0 aromatic carbocycles. The van der Waals surface area contributed by atoms with Crippen molar-refractivity contribution in [3.05, 3.63) is 45.4 Å². The summed E-state index contributed by atoms with van der Waals surface area (Å²) in [7, 11) is 0. The summed E-state index contributed by atoms with van der Waals surface area (Å²) in [4.78, 5) is 13.3. The van der Waals surface area contributed by atoms with E-state index in [1.807, 2.05) is 37.4 Å². The van der Waals surface area contributed by atoms with Gasteiger partial charge in [-0.25, -0.2) is 0 Å². The smallest absolute Gasteiger partial charge is 0.253 e. The van der Waals surface area contributed by atoms with Gasteiger partial charge < -0.3 is 15.0 Å². The minimum absolute atomic E-state index is 0.114. The first-order chi connectivity index (χ1) is 10.4. The highest BCUT2D eigenvalue weighted by Crippen LogP contribution is 2.38. The molecule has 0 radical (unpaired) electrons. The van der Waals surface area contributed by atoms with Crippen LogP contribution in [0.15, 0.2) is 23.6 Å². The molecule has 3 rings (SSSR count). The van der Waals surface area contributed by atoms with Crippen molar-refractivity contribution in [3.63, 3.8) is 0 Å². The number of nitrogens with one attached hydrogen (secondary N) is 1. The number of aromatic nitrogens is 1. The van der Waals surface area contributed by atoms with Crippen LogP contribution in [-0.4, -0.2) is 22.1 Å². The molecular weight excluding hydrogens is 296 g/mol. The Bertz CT molecular complexity index is 682. The fourth-order valence-corrected chi connectivity index (χ4v) is 3.71. The van der Waals surface area contributed by atoms with Crippen LogP contribution in [0.1, 0.15) is 52.4 Å². The molecule has 4 nitrogen and oxygen atoms in total. The highest BCUT2D eigenvalue weighted by atomic mass is 32.1. The van der Waals surface area contributed by atoms with E-state index in [9.17, 15) is 9.90 Å². The van der Waals surface area contributed by atoms with E-state index in [4.69, 9.17) is 0 Å². The Morgan fingerprint density at radius 1 is 1.50 bits per heavy atom. The van der Waals surface area contributed by atoms with E-state index in [1.165, 1.54) is 24.2 Å². The Labute approximate surface area is 134 Å². The highest BCUT2D eigenvalue weighted by molar-refractivity contribution is 7.10. The molecule has 2 aromatic heterocycles. The molecule has 2 aromatic rings. The number of thiophene rings is 1. The summed E-state index contributed by atoms with van der Waals surface area (Å²) < 4.78 is 2.26. The predicted molar refractivity (Wildman–Crippen MR) is 88.4 cm³/mol. The quantitative estimate of drug-likeness (QED) is 0.890. The third-order valence-corrected chi connectivity index (χ3v) is 5.41. The second-order valence-corrected chi connectivity index (χ2v) is 7.27. The molecule has 1 amide bonds. The summed E-state index contributed by atoms with van der Waals surface area (Å²) >= 11 is 1.49. The normalized spacial score (nSPS) is 17.3. The van der Waals surface area contributed by atoms with Gasteiger partial charge in [-0.2, -0.15) is 0 Å². The van der Waals surface area contributed by atoms with Gasteiger partial charge in [-0.05, 0) is 51.1 Å². The summed E-state index contributed by atoms with van der Waals surface area (Å²) in [6.07, 6.45) is 2.40. The van der Waals surface area contributed by atoms with E-state index in [2.05, 4.69) is 9.88 Å². The van der Waals surface area contributed by atoms with Crippen LogP contribution in [-0.2, 0) is 5.60 Å². The number of aliphatic hydroxyl groups is 1. The Morgan fingerprint density at radius 3 is 2.82 bits per heavy atom. The summed E-state index contributed by atoms with van der Waals surface area (Å²) in [6, 6.07) is 6.30. The van der Waals surface area contributed by atoms with Crippen molar-refractivity contribution >= 4 is 17.2 Å². The standard InChI is InChI=1S/C17H22N2O2S/c1-11-9-14(12(2)19(11)13-6-7-13)16(20)18-10-17(3,21)15-5-4-8-22-15/h4-5,8-9,13,21H,6-7,10H2,1-3H3,(H,18,20). The zero-order valence-electron chi connectivity index (χ0n) is 13.2. The van der Waals surface area contributed by atoms with Gasteiger partial charge in [0.2, 0.25) is 0 Å². The average molecular weight is 318 g/mol. The second-order valence-electron chi connectivity index (χ2n) is 6.32. The van der Waals surface area contributed by atoms with Gasteiger partial charge in [0.15, 0.2) is 0 Å². The maximum atomic E-state index is 12.5. The zero-order valence-corrected chi connectivity index (χ0v) is 14.0. The number of carbonyl (C=O) groups is 1. The van der Waals surface area contributed by atoms with Crippen molar-refractivity contribution in [2.75, 3.05) is 6.54 Å². The Hall–Kier alpha value is -1.59. The van der Waals surface area contributed by atoms with E-state index in [0.717, 1.165) is 16.3 Å². The monoisotopic (exact) mass is 318 g/mol. The minimum atomic E-state index is -1.04. The van der Waals surface area contributed by atoms with Crippen LogP contribution in [0.2, 0.25) is 0 Å². The topological polar surface area (TPSA) is 54.3 Å². The number of nitrogens with zero attached hydrogens (tertiary/aromatic N) is 1. The van der Waals surface area contributed by atoms with Crippen molar-refractivity contribution in [2.45, 2.75) is 45.3 Å². The first-order valence-corrected chi connectivity index (χ1v) is 8.51. The number of amides is 1. The molecular formula is C17H22N2O2S. The van der Waals surface area contributed by atoms with E-state index < -0.39 is 5.60 Å². The van der Waals surface area contributed by atoms with Gasteiger partial charge in [-0.3, -0.25) is 4.79 Å². The van der Waals surface area contributed by atoms with Gasteiger partial charge in [0.25, 0.3) is 5.91 Å². The minimum Gasteiger partial charge on any atom is -0.383 e.